The summed E-state index contributed by atoms with van der Waals surface area (Å²) >= 11 is 6.02. The standard InChI is InChI=1S/C22H23ClN4O2/c1-26(2)13-5-6-14-29-22-17-8-4-3-7-16(17)21(28)27(22)19-12-10-15-9-11-18(23)24-20(15)25-19/h3-4,7-12,22H,5-6,13-14H2,1-2H3. The highest BCUT2D eigenvalue weighted by Crippen LogP contribution is 2.38. The third-order valence-corrected chi connectivity index (χ3v) is 5.15. The fourth-order valence-electron chi connectivity index (χ4n) is 3.50. The maximum absolute atomic E-state index is 13.1. The molecule has 0 N–H and O–H groups in total. The molecule has 0 radical (unpaired) electrons. The normalized spacial score (nSPS) is 16.1. The van der Waals surface area contributed by atoms with Gasteiger partial charge in [0.15, 0.2) is 11.9 Å². The molecule has 1 aliphatic heterocycles. The number of hydrogen-bond acceptors (Lipinski definition) is 5. The van der Waals surface area contributed by atoms with Gasteiger partial charge in [0.05, 0.1) is 0 Å². The van der Waals surface area contributed by atoms with Crippen LogP contribution in [0.5, 0.6) is 0 Å². The number of anilines is 1. The summed E-state index contributed by atoms with van der Waals surface area (Å²) in [5.41, 5.74) is 2.02. The number of benzene rings is 1. The van der Waals surface area contributed by atoms with Gasteiger partial charge in [-0.25, -0.2) is 9.97 Å². The zero-order valence-corrected chi connectivity index (χ0v) is 17.3. The number of carbonyl (C=O) groups is 1. The van der Waals surface area contributed by atoms with E-state index in [2.05, 4.69) is 29.0 Å². The minimum atomic E-state index is -0.498. The molecule has 4 rings (SSSR count). The van der Waals surface area contributed by atoms with Crippen molar-refractivity contribution < 1.29 is 9.53 Å². The lowest BCUT2D eigenvalue weighted by molar-refractivity contribution is 0.0490. The average Bonchev–Trinajstić information content (AvgIpc) is 2.99. The molecule has 0 bridgehead atoms. The predicted octanol–water partition coefficient (Wildman–Crippen LogP) is 4.30. The highest BCUT2D eigenvalue weighted by atomic mass is 35.5. The van der Waals surface area contributed by atoms with Gasteiger partial charge in [-0.1, -0.05) is 29.8 Å². The maximum Gasteiger partial charge on any atom is 0.262 e. The molecular weight excluding hydrogens is 388 g/mol. The average molecular weight is 411 g/mol. The molecule has 1 aliphatic rings. The molecule has 0 saturated heterocycles. The highest BCUT2D eigenvalue weighted by molar-refractivity contribution is 6.29. The molecule has 29 heavy (non-hydrogen) atoms. The van der Waals surface area contributed by atoms with Gasteiger partial charge in [0.2, 0.25) is 0 Å². The van der Waals surface area contributed by atoms with Crippen molar-refractivity contribution in [3.05, 3.63) is 64.8 Å². The minimum Gasteiger partial charge on any atom is -0.353 e. The second-order valence-corrected chi connectivity index (χ2v) is 7.73. The molecule has 2 aromatic heterocycles. The van der Waals surface area contributed by atoms with E-state index in [4.69, 9.17) is 16.3 Å². The Balaban J connectivity index is 1.62. The summed E-state index contributed by atoms with van der Waals surface area (Å²) in [5, 5.41) is 1.23. The van der Waals surface area contributed by atoms with E-state index in [9.17, 15) is 4.79 Å². The fraction of sp³-hybridized carbons (Fsp3) is 0.318. The Morgan fingerprint density at radius 1 is 1.07 bits per heavy atom. The highest BCUT2D eigenvalue weighted by Gasteiger charge is 2.39. The summed E-state index contributed by atoms with van der Waals surface area (Å²) in [6.45, 7) is 1.57. The number of carbonyl (C=O) groups excluding carboxylic acids is 1. The summed E-state index contributed by atoms with van der Waals surface area (Å²) in [5.74, 6) is 0.388. The van der Waals surface area contributed by atoms with Crippen LogP contribution in [-0.4, -0.2) is 48.0 Å². The number of aromatic nitrogens is 2. The summed E-state index contributed by atoms with van der Waals surface area (Å²) in [6, 6.07) is 14.9. The van der Waals surface area contributed by atoms with E-state index in [0.717, 1.165) is 30.3 Å². The smallest absolute Gasteiger partial charge is 0.262 e. The summed E-state index contributed by atoms with van der Waals surface area (Å²) in [4.78, 5) is 25.8. The summed E-state index contributed by atoms with van der Waals surface area (Å²) in [6.07, 6.45) is 1.45. The van der Waals surface area contributed by atoms with Gasteiger partial charge < -0.3 is 9.64 Å². The third kappa shape index (κ3) is 4.10. The van der Waals surface area contributed by atoms with Crippen molar-refractivity contribution in [2.45, 2.75) is 19.1 Å². The van der Waals surface area contributed by atoms with Gasteiger partial charge in [0, 0.05) is 23.1 Å². The van der Waals surface area contributed by atoms with Crippen molar-refractivity contribution in [3.63, 3.8) is 0 Å². The molecule has 3 heterocycles. The van der Waals surface area contributed by atoms with Crippen LogP contribution in [0.15, 0.2) is 48.5 Å². The van der Waals surface area contributed by atoms with Gasteiger partial charge in [-0.2, -0.15) is 0 Å². The van der Waals surface area contributed by atoms with Crippen LogP contribution in [0.3, 0.4) is 0 Å². The molecule has 0 saturated carbocycles. The molecule has 0 aliphatic carbocycles. The van der Waals surface area contributed by atoms with Gasteiger partial charge in [-0.05, 0) is 63.8 Å². The first kappa shape index (κ1) is 19.8. The Morgan fingerprint density at radius 3 is 2.69 bits per heavy atom. The number of halogens is 1. The lowest BCUT2D eigenvalue weighted by Gasteiger charge is -2.25. The number of hydrogen-bond donors (Lipinski definition) is 0. The topological polar surface area (TPSA) is 58.6 Å². The lowest BCUT2D eigenvalue weighted by Crippen LogP contribution is -2.30. The second kappa shape index (κ2) is 8.45. The van der Waals surface area contributed by atoms with E-state index in [1.807, 2.05) is 42.5 Å². The number of ether oxygens (including phenoxy) is 1. The Hall–Kier alpha value is -2.54. The fourth-order valence-corrected chi connectivity index (χ4v) is 3.64. The first-order valence-electron chi connectivity index (χ1n) is 9.67. The molecule has 150 valence electrons. The van der Waals surface area contributed by atoms with Crippen LogP contribution in [-0.2, 0) is 4.74 Å². The lowest BCUT2D eigenvalue weighted by atomic mass is 10.1. The summed E-state index contributed by atoms with van der Waals surface area (Å²) in [7, 11) is 4.11. The van der Waals surface area contributed by atoms with Crippen molar-refractivity contribution in [2.75, 3.05) is 32.1 Å². The molecule has 6 nitrogen and oxygen atoms in total. The van der Waals surface area contributed by atoms with Crippen LogP contribution in [0.25, 0.3) is 11.0 Å². The molecule has 0 fully saturated rings. The predicted molar refractivity (Wildman–Crippen MR) is 114 cm³/mol. The van der Waals surface area contributed by atoms with E-state index < -0.39 is 6.23 Å². The van der Waals surface area contributed by atoms with Gasteiger partial charge in [0.25, 0.3) is 5.91 Å². The number of nitrogens with zero attached hydrogens (tertiary/aromatic N) is 4. The van der Waals surface area contributed by atoms with Crippen LogP contribution >= 0.6 is 11.6 Å². The minimum absolute atomic E-state index is 0.118. The van der Waals surface area contributed by atoms with Gasteiger partial charge >= 0.3 is 0 Å². The van der Waals surface area contributed by atoms with E-state index in [1.54, 1.807) is 11.0 Å². The first-order chi connectivity index (χ1) is 14.0. The van der Waals surface area contributed by atoms with E-state index >= 15 is 0 Å². The SMILES string of the molecule is CN(C)CCCCOC1c2ccccc2C(=O)N1c1ccc2ccc(Cl)nc2n1. The Bertz CT molecular complexity index is 1040. The van der Waals surface area contributed by atoms with Crippen LogP contribution in [0.2, 0.25) is 5.15 Å². The van der Waals surface area contributed by atoms with Crippen LogP contribution in [0.1, 0.15) is 35.0 Å². The van der Waals surface area contributed by atoms with Crippen molar-refractivity contribution in [1.82, 2.24) is 14.9 Å². The quantitative estimate of drug-likeness (QED) is 0.429. The number of amides is 1. The number of fused-ring (bicyclic) bond motifs is 2. The zero-order chi connectivity index (χ0) is 20.4. The number of rotatable bonds is 7. The molecule has 7 heteroatoms. The molecule has 0 spiro atoms. The number of pyridine rings is 2. The Labute approximate surface area is 175 Å². The van der Waals surface area contributed by atoms with E-state index in [1.165, 1.54) is 0 Å². The van der Waals surface area contributed by atoms with Crippen molar-refractivity contribution in [1.29, 1.82) is 0 Å². The number of unbranched alkanes of at least 4 members (excludes halogenated alkanes) is 1. The van der Waals surface area contributed by atoms with Crippen molar-refractivity contribution >= 4 is 34.4 Å². The molecule has 1 unspecified atom stereocenters. The van der Waals surface area contributed by atoms with Gasteiger partial charge in [-0.3, -0.25) is 9.69 Å². The Kier molecular flexibility index (Phi) is 5.76. The maximum atomic E-state index is 13.1. The first-order valence-corrected chi connectivity index (χ1v) is 10.0. The second-order valence-electron chi connectivity index (χ2n) is 7.35. The largest absolute Gasteiger partial charge is 0.353 e. The monoisotopic (exact) mass is 410 g/mol. The zero-order valence-electron chi connectivity index (χ0n) is 16.5. The summed E-state index contributed by atoms with van der Waals surface area (Å²) < 4.78 is 6.18. The molecule has 1 aromatic carbocycles. The van der Waals surface area contributed by atoms with Crippen LogP contribution < -0.4 is 4.90 Å². The van der Waals surface area contributed by atoms with Gasteiger partial charge in [-0.15, -0.1) is 0 Å². The van der Waals surface area contributed by atoms with Gasteiger partial charge in [0.1, 0.15) is 11.0 Å². The van der Waals surface area contributed by atoms with E-state index in [0.29, 0.717) is 28.8 Å². The van der Waals surface area contributed by atoms with Crippen molar-refractivity contribution in [3.8, 4) is 0 Å². The van der Waals surface area contributed by atoms with Crippen LogP contribution in [0.4, 0.5) is 5.82 Å². The molecule has 1 atom stereocenters. The van der Waals surface area contributed by atoms with Crippen LogP contribution in [0, 0.1) is 0 Å². The Morgan fingerprint density at radius 2 is 1.86 bits per heavy atom. The van der Waals surface area contributed by atoms with Crippen molar-refractivity contribution in [2.24, 2.45) is 0 Å². The van der Waals surface area contributed by atoms with E-state index in [-0.39, 0.29) is 5.91 Å². The molecule has 3 aromatic rings. The molecular formula is C22H23ClN4O2. The third-order valence-electron chi connectivity index (χ3n) is 4.94. The molecule has 1 amide bonds.